The number of benzene rings is 2. The Labute approximate surface area is 264 Å². The van der Waals surface area contributed by atoms with Crippen LogP contribution < -0.4 is 27.4 Å². The number of aromatic nitrogens is 2. The van der Waals surface area contributed by atoms with Crippen LogP contribution >= 0.6 is 0 Å². The van der Waals surface area contributed by atoms with E-state index in [0.29, 0.717) is 24.9 Å². The van der Waals surface area contributed by atoms with Crippen LogP contribution in [0.3, 0.4) is 0 Å². The summed E-state index contributed by atoms with van der Waals surface area (Å²) in [7, 11) is 0. The summed E-state index contributed by atoms with van der Waals surface area (Å²) in [6.07, 6.45) is 3.77. The topological polar surface area (TPSA) is 246 Å². The molecule has 2 aromatic carbocycles. The molecule has 0 aliphatic carbocycles. The van der Waals surface area contributed by atoms with Crippen LogP contribution in [0.15, 0.2) is 60.9 Å². The Hall–Kier alpha value is -5.21. The normalized spacial score (nSPS) is 13.9. The van der Waals surface area contributed by atoms with E-state index in [2.05, 4.69) is 25.9 Å². The Morgan fingerprint density at radius 1 is 0.696 bits per heavy atom. The maximum atomic E-state index is 13.4. The summed E-state index contributed by atoms with van der Waals surface area (Å²) < 4.78 is 0. The molecule has 0 fully saturated rings. The van der Waals surface area contributed by atoms with Crippen molar-refractivity contribution in [3.8, 4) is 0 Å². The summed E-state index contributed by atoms with van der Waals surface area (Å²) in [5, 5.41) is 28.5. The van der Waals surface area contributed by atoms with Gasteiger partial charge < -0.3 is 47.6 Å². The number of hydrogen-bond acceptors (Lipinski definition) is 7. The van der Waals surface area contributed by atoms with Crippen LogP contribution in [0.4, 0.5) is 0 Å². The summed E-state index contributed by atoms with van der Waals surface area (Å²) in [6, 6.07) is 9.59. The van der Waals surface area contributed by atoms with E-state index in [-0.39, 0.29) is 19.3 Å². The van der Waals surface area contributed by atoms with Gasteiger partial charge in [0.25, 0.3) is 0 Å². The highest BCUT2D eigenvalue weighted by Gasteiger charge is 2.32. The number of rotatable bonds is 17. The molecule has 14 nitrogen and oxygen atoms in total. The molecule has 2 heterocycles. The summed E-state index contributed by atoms with van der Waals surface area (Å²) in [6.45, 7) is 0.326. The quantitative estimate of drug-likeness (QED) is 0.0749. The molecular weight excluding hydrogens is 594 g/mol. The molecule has 2 aromatic heterocycles. The molecule has 4 rings (SSSR count). The van der Waals surface area contributed by atoms with Crippen molar-refractivity contribution in [1.82, 2.24) is 25.9 Å². The number of carbonyl (C=O) groups excluding carboxylic acids is 3. The smallest absolute Gasteiger partial charge is 0.326 e. The lowest BCUT2D eigenvalue weighted by Crippen LogP contribution is -2.57. The largest absolute Gasteiger partial charge is 0.481 e. The predicted octanol–water partition coefficient (Wildman–Crippen LogP) is 0.904. The zero-order chi connectivity index (χ0) is 33.2. The molecule has 4 aromatic rings. The molecular formula is C32H39N7O7. The van der Waals surface area contributed by atoms with Gasteiger partial charge in [0, 0.05) is 40.6 Å². The van der Waals surface area contributed by atoms with Crippen molar-refractivity contribution in [2.75, 3.05) is 6.54 Å². The molecule has 0 saturated heterocycles. The summed E-state index contributed by atoms with van der Waals surface area (Å²) in [4.78, 5) is 69.7. The van der Waals surface area contributed by atoms with Gasteiger partial charge in [0.2, 0.25) is 17.7 Å². The second kappa shape index (κ2) is 15.7. The first-order chi connectivity index (χ1) is 22.1. The van der Waals surface area contributed by atoms with Gasteiger partial charge in [-0.05, 0) is 55.5 Å². The fourth-order valence-electron chi connectivity index (χ4n) is 5.32. The van der Waals surface area contributed by atoms with Crippen molar-refractivity contribution in [3.63, 3.8) is 0 Å². The number of carboxylic acids is 2. The molecule has 0 spiro atoms. The lowest BCUT2D eigenvalue weighted by Gasteiger charge is -2.25. The van der Waals surface area contributed by atoms with Gasteiger partial charge >= 0.3 is 11.9 Å². The number of amides is 3. The van der Waals surface area contributed by atoms with Crippen LogP contribution in [0, 0.1) is 0 Å². The van der Waals surface area contributed by atoms with E-state index in [0.717, 1.165) is 27.4 Å². The minimum absolute atomic E-state index is 0.0272. The SMILES string of the molecule is NCCCCC(NC(=O)C(CC(=O)O)NC(=O)C(N)Cc1c[nH]c2ccccc12)C(=O)NC(Cc1c[nH]c2ccccc12)C(=O)O. The van der Waals surface area contributed by atoms with Gasteiger partial charge in [-0.15, -0.1) is 0 Å². The molecule has 14 heteroatoms. The number of H-pyrrole nitrogens is 2. The van der Waals surface area contributed by atoms with Crippen molar-refractivity contribution in [3.05, 3.63) is 72.1 Å². The van der Waals surface area contributed by atoms with E-state index in [1.165, 1.54) is 0 Å². The first-order valence-electron chi connectivity index (χ1n) is 15.0. The number of fused-ring (bicyclic) bond motifs is 2. The van der Waals surface area contributed by atoms with Gasteiger partial charge in [0.1, 0.15) is 18.1 Å². The second-order valence-electron chi connectivity index (χ2n) is 11.1. The lowest BCUT2D eigenvalue weighted by atomic mass is 10.0. The first kappa shape index (κ1) is 33.7. The molecule has 0 aliphatic rings. The molecule has 0 aliphatic heterocycles. The number of para-hydroxylation sites is 2. The Kier molecular flexibility index (Phi) is 11.5. The van der Waals surface area contributed by atoms with E-state index >= 15 is 0 Å². The summed E-state index contributed by atoms with van der Waals surface area (Å²) in [5.74, 6) is -5.08. The van der Waals surface area contributed by atoms with Crippen LogP contribution in [-0.4, -0.2) is 80.6 Å². The molecule has 0 radical (unpaired) electrons. The molecule has 0 bridgehead atoms. The number of hydrogen-bond donors (Lipinski definition) is 9. The van der Waals surface area contributed by atoms with Crippen LogP contribution in [0.1, 0.15) is 36.8 Å². The van der Waals surface area contributed by atoms with Gasteiger partial charge in [-0.3, -0.25) is 19.2 Å². The Morgan fingerprint density at radius 3 is 1.78 bits per heavy atom. The monoisotopic (exact) mass is 633 g/mol. The van der Waals surface area contributed by atoms with E-state index in [4.69, 9.17) is 11.5 Å². The molecule has 4 unspecified atom stereocenters. The zero-order valence-corrected chi connectivity index (χ0v) is 25.1. The number of carboxylic acid groups (broad SMARTS) is 2. The minimum atomic E-state index is -1.55. The number of aliphatic carboxylic acids is 2. The first-order valence-corrected chi connectivity index (χ1v) is 15.0. The Bertz CT molecular complexity index is 1700. The molecule has 0 saturated carbocycles. The van der Waals surface area contributed by atoms with Gasteiger partial charge in [-0.1, -0.05) is 36.4 Å². The third kappa shape index (κ3) is 8.70. The highest BCUT2D eigenvalue weighted by atomic mass is 16.4. The fraction of sp³-hybridized carbons (Fsp3) is 0.344. The van der Waals surface area contributed by atoms with Crippen molar-refractivity contribution >= 4 is 51.5 Å². The average Bonchev–Trinajstić information content (AvgIpc) is 3.63. The van der Waals surface area contributed by atoms with Gasteiger partial charge in [0.05, 0.1) is 12.5 Å². The Morgan fingerprint density at radius 2 is 1.22 bits per heavy atom. The molecule has 4 atom stereocenters. The number of unbranched alkanes of at least 4 members (excludes halogenated alkanes) is 1. The van der Waals surface area contributed by atoms with Crippen molar-refractivity contribution in [1.29, 1.82) is 0 Å². The number of aromatic amines is 2. The molecule has 3 amide bonds. The number of nitrogens with two attached hydrogens (primary N) is 2. The van der Waals surface area contributed by atoms with Gasteiger partial charge in [-0.2, -0.15) is 0 Å². The molecule has 11 N–H and O–H groups in total. The van der Waals surface area contributed by atoms with E-state index < -0.39 is 60.2 Å². The van der Waals surface area contributed by atoms with E-state index in [9.17, 15) is 34.2 Å². The van der Waals surface area contributed by atoms with Crippen LogP contribution in [0.2, 0.25) is 0 Å². The second-order valence-corrected chi connectivity index (χ2v) is 11.1. The molecule has 244 valence electrons. The molecule has 46 heavy (non-hydrogen) atoms. The fourth-order valence-corrected chi connectivity index (χ4v) is 5.32. The summed E-state index contributed by atoms with van der Waals surface area (Å²) >= 11 is 0. The van der Waals surface area contributed by atoms with E-state index in [1.54, 1.807) is 12.4 Å². The maximum absolute atomic E-state index is 13.4. The number of nitrogens with one attached hydrogen (secondary N) is 5. The van der Waals surface area contributed by atoms with Crippen LogP contribution in [-0.2, 0) is 36.8 Å². The van der Waals surface area contributed by atoms with Gasteiger partial charge in [-0.25, -0.2) is 4.79 Å². The van der Waals surface area contributed by atoms with Crippen molar-refractivity contribution in [2.24, 2.45) is 11.5 Å². The Balaban J connectivity index is 1.45. The van der Waals surface area contributed by atoms with Crippen molar-refractivity contribution in [2.45, 2.75) is 62.7 Å². The third-order valence-electron chi connectivity index (χ3n) is 7.76. The van der Waals surface area contributed by atoms with E-state index in [1.807, 2.05) is 48.5 Å². The minimum Gasteiger partial charge on any atom is -0.481 e. The van der Waals surface area contributed by atoms with Gasteiger partial charge in [0.15, 0.2) is 0 Å². The lowest BCUT2D eigenvalue weighted by molar-refractivity contribution is -0.143. The highest BCUT2D eigenvalue weighted by molar-refractivity contribution is 5.96. The van der Waals surface area contributed by atoms with Crippen LogP contribution in [0.5, 0.6) is 0 Å². The average molecular weight is 634 g/mol. The standard InChI is InChI=1S/C32H39N7O7/c33-12-6-5-11-25(30(43)39-27(32(45)46)14-19-17-36-24-10-4-2-8-21(19)24)37-31(44)26(15-28(40)41)38-29(42)22(34)13-18-16-35-23-9-3-1-7-20(18)23/h1-4,7-10,16-17,22,25-27,35-36H,5-6,11-15,33-34H2,(H,37,44)(H,38,42)(H,39,43)(H,40,41)(H,45,46). The highest BCUT2D eigenvalue weighted by Crippen LogP contribution is 2.20. The van der Waals surface area contributed by atoms with Crippen molar-refractivity contribution < 1.29 is 34.2 Å². The predicted molar refractivity (Wildman–Crippen MR) is 171 cm³/mol. The summed E-state index contributed by atoms with van der Waals surface area (Å²) in [5.41, 5.74) is 14.9. The third-order valence-corrected chi connectivity index (χ3v) is 7.76. The van der Waals surface area contributed by atoms with Crippen LogP contribution in [0.25, 0.3) is 21.8 Å². The zero-order valence-electron chi connectivity index (χ0n) is 25.1. The maximum Gasteiger partial charge on any atom is 0.326 e. The number of carbonyl (C=O) groups is 5.